The van der Waals surface area contributed by atoms with Gasteiger partial charge in [-0.25, -0.2) is 13.2 Å². The first kappa shape index (κ1) is 15.2. The predicted molar refractivity (Wildman–Crippen MR) is 59.2 cm³/mol. The summed E-state index contributed by atoms with van der Waals surface area (Å²) in [6.07, 6.45) is 0. The van der Waals surface area contributed by atoms with Crippen LogP contribution in [0.1, 0.15) is 10.4 Å². The van der Waals surface area contributed by atoms with E-state index in [-0.39, 0.29) is 50.1 Å². The molecule has 0 saturated heterocycles. The van der Waals surface area contributed by atoms with Gasteiger partial charge in [-0.15, -0.1) is 0 Å². The molecule has 0 spiro atoms. The van der Waals surface area contributed by atoms with E-state index in [9.17, 15) is 13.2 Å². The predicted octanol–water partition coefficient (Wildman–Crippen LogP) is 1.01. The first-order chi connectivity index (χ1) is 6.43. The van der Waals surface area contributed by atoms with Crippen molar-refractivity contribution in [2.45, 2.75) is 4.90 Å². The SMILES string of the molecule is O=C(O)c1cc([SH](=O)=O)c(Cl)cc1Cl.[NaH]. The topological polar surface area (TPSA) is 71.4 Å². The summed E-state index contributed by atoms with van der Waals surface area (Å²) < 4.78 is 21.2. The van der Waals surface area contributed by atoms with Crippen molar-refractivity contribution in [3.8, 4) is 0 Å². The third-order valence-corrected chi connectivity index (χ3v) is 2.98. The van der Waals surface area contributed by atoms with Crippen LogP contribution in [0.15, 0.2) is 17.0 Å². The number of rotatable bonds is 2. The van der Waals surface area contributed by atoms with Gasteiger partial charge >= 0.3 is 35.5 Å². The molecule has 1 N–H and O–H groups in total. The first-order valence-corrected chi connectivity index (χ1v) is 5.23. The molecule has 0 aliphatic heterocycles. The van der Waals surface area contributed by atoms with Crippen molar-refractivity contribution >= 4 is 69.4 Å². The van der Waals surface area contributed by atoms with E-state index in [0.717, 1.165) is 12.1 Å². The molecule has 4 nitrogen and oxygen atoms in total. The summed E-state index contributed by atoms with van der Waals surface area (Å²) in [5.74, 6) is -1.30. The Morgan fingerprint density at radius 3 is 2.13 bits per heavy atom. The van der Waals surface area contributed by atoms with E-state index in [1.807, 2.05) is 0 Å². The molecule has 0 aromatic heterocycles. The molecule has 1 rings (SSSR count). The Kier molecular flexibility index (Phi) is 6.17. The summed E-state index contributed by atoms with van der Waals surface area (Å²) in [6.45, 7) is 0. The summed E-state index contributed by atoms with van der Waals surface area (Å²) in [5, 5.41) is 8.46. The first-order valence-electron chi connectivity index (χ1n) is 3.30. The van der Waals surface area contributed by atoms with E-state index in [2.05, 4.69) is 0 Å². The monoisotopic (exact) mass is 278 g/mol. The zero-order valence-corrected chi connectivity index (χ0v) is 8.94. The van der Waals surface area contributed by atoms with Gasteiger partial charge in [0.15, 0.2) is 10.7 Å². The van der Waals surface area contributed by atoms with Crippen LogP contribution < -0.4 is 0 Å². The van der Waals surface area contributed by atoms with E-state index in [1.165, 1.54) is 0 Å². The van der Waals surface area contributed by atoms with E-state index >= 15 is 0 Å². The van der Waals surface area contributed by atoms with Crippen molar-refractivity contribution in [2.75, 3.05) is 0 Å². The molecule has 1 aromatic rings. The molecule has 0 amide bonds. The van der Waals surface area contributed by atoms with Crippen LogP contribution in [0.5, 0.6) is 0 Å². The molecular formula is C7H5Cl2NaO4S. The fourth-order valence-corrected chi connectivity index (χ4v) is 1.99. The molecule has 1 aromatic carbocycles. The van der Waals surface area contributed by atoms with Crippen LogP contribution in [0.2, 0.25) is 10.0 Å². The number of carboxylic acids is 1. The van der Waals surface area contributed by atoms with Crippen LogP contribution in [0.3, 0.4) is 0 Å². The number of hydrogen-bond acceptors (Lipinski definition) is 3. The van der Waals surface area contributed by atoms with Gasteiger partial charge in [-0.05, 0) is 12.1 Å². The van der Waals surface area contributed by atoms with Gasteiger partial charge in [0.2, 0.25) is 0 Å². The average Bonchev–Trinajstić information content (AvgIpc) is 2.02. The van der Waals surface area contributed by atoms with Crippen LogP contribution in [0, 0.1) is 0 Å². The molecular weight excluding hydrogens is 274 g/mol. The number of carboxylic acid groups (broad SMARTS) is 1. The van der Waals surface area contributed by atoms with Crippen molar-refractivity contribution < 1.29 is 18.3 Å². The van der Waals surface area contributed by atoms with Crippen LogP contribution in [-0.2, 0) is 10.7 Å². The van der Waals surface area contributed by atoms with Crippen LogP contribution in [-0.4, -0.2) is 49.1 Å². The number of aromatic carboxylic acids is 1. The standard InChI is InChI=1S/C7H4Cl2O4S.Na.H/c8-4-2-5(9)6(14(12)13)1-3(4)7(10)11;;/h1-2,14H,(H,10,11);;. The molecule has 0 radical (unpaired) electrons. The minimum atomic E-state index is -2.92. The molecule has 8 heteroatoms. The third-order valence-electron chi connectivity index (χ3n) is 1.46. The van der Waals surface area contributed by atoms with Gasteiger partial charge in [0, 0.05) is 0 Å². The minimum absolute atomic E-state index is 0. The molecule has 0 aliphatic rings. The van der Waals surface area contributed by atoms with E-state index in [1.54, 1.807) is 0 Å². The maximum absolute atomic E-state index is 10.6. The van der Waals surface area contributed by atoms with Gasteiger partial charge in [-0.2, -0.15) is 0 Å². The molecule has 0 unspecified atom stereocenters. The zero-order valence-electron chi connectivity index (χ0n) is 6.53. The Bertz CT molecular complexity index is 464. The normalized spacial score (nSPS) is 9.80. The Morgan fingerprint density at radius 1 is 1.20 bits per heavy atom. The molecule has 0 heterocycles. The van der Waals surface area contributed by atoms with Gasteiger partial charge in [0.25, 0.3) is 0 Å². The molecule has 78 valence electrons. The summed E-state index contributed by atoms with van der Waals surface area (Å²) in [6, 6.07) is 2.02. The number of hydrogen-bond donors (Lipinski definition) is 2. The Balaban J connectivity index is 0.00000196. The number of thiol groups is 1. The fraction of sp³-hybridized carbons (Fsp3) is 0. The van der Waals surface area contributed by atoms with Crippen molar-refractivity contribution in [3.63, 3.8) is 0 Å². The Labute approximate surface area is 119 Å². The van der Waals surface area contributed by atoms with E-state index in [0.29, 0.717) is 0 Å². The third kappa shape index (κ3) is 3.62. The van der Waals surface area contributed by atoms with Gasteiger partial charge in [-0.1, -0.05) is 23.2 Å². The van der Waals surface area contributed by atoms with Gasteiger partial charge in [-0.3, -0.25) is 0 Å². The molecule has 0 atom stereocenters. The van der Waals surface area contributed by atoms with E-state index in [4.69, 9.17) is 28.3 Å². The Morgan fingerprint density at radius 2 is 1.73 bits per heavy atom. The van der Waals surface area contributed by atoms with Crippen molar-refractivity contribution in [3.05, 3.63) is 27.7 Å². The van der Waals surface area contributed by atoms with Crippen molar-refractivity contribution in [2.24, 2.45) is 0 Å². The summed E-state index contributed by atoms with van der Waals surface area (Å²) in [4.78, 5) is 10.3. The second-order valence-electron chi connectivity index (χ2n) is 2.35. The second kappa shape index (κ2) is 6.08. The van der Waals surface area contributed by atoms with Crippen LogP contribution in [0.4, 0.5) is 0 Å². The van der Waals surface area contributed by atoms with Crippen LogP contribution in [0.25, 0.3) is 0 Å². The van der Waals surface area contributed by atoms with Crippen LogP contribution >= 0.6 is 23.2 Å². The maximum atomic E-state index is 10.6. The number of carbonyl (C=O) groups is 1. The second-order valence-corrected chi connectivity index (χ2v) is 4.16. The zero-order chi connectivity index (χ0) is 10.9. The quantitative estimate of drug-likeness (QED) is 0.626. The number of benzene rings is 1. The van der Waals surface area contributed by atoms with Crippen molar-refractivity contribution in [1.82, 2.24) is 0 Å². The molecule has 0 saturated carbocycles. The Hall–Kier alpha value is 0.220. The number of halogens is 2. The summed E-state index contributed by atoms with van der Waals surface area (Å²) in [7, 11) is -2.92. The summed E-state index contributed by atoms with van der Waals surface area (Å²) >= 11 is 11.1. The van der Waals surface area contributed by atoms with Crippen molar-refractivity contribution in [1.29, 1.82) is 0 Å². The molecule has 0 fully saturated rings. The average molecular weight is 279 g/mol. The molecule has 0 aliphatic carbocycles. The van der Waals surface area contributed by atoms with Gasteiger partial charge < -0.3 is 5.11 Å². The molecule has 15 heavy (non-hydrogen) atoms. The van der Waals surface area contributed by atoms with Gasteiger partial charge in [0.05, 0.1) is 20.5 Å². The molecule has 0 bridgehead atoms. The fourth-order valence-electron chi connectivity index (χ4n) is 0.841. The van der Waals surface area contributed by atoms with Gasteiger partial charge in [0.1, 0.15) is 0 Å². The van der Waals surface area contributed by atoms with E-state index < -0.39 is 16.7 Å². The summed E-state index contributed by atoms with van der Waals surface area (Å²) in [5.41, 5.74) is -0.287.